The number of carbonyl (C=O) groups is 2. The first-order chi connectivity index (χ1) is 13.0. The van der Waals surface area contributed by atoms with Crippen molar-refractivity contribution < 1.29 is 14.3 Å². The number of amides is 1. The standard InChI is InChI=1S/C20H26N4O3/c1-5-7-12-24(4)18-13-17(21-14(3)22-18)19(25)23-16-11-9-8-10-15(16)20(26)27-6-2/h8-11,13H,5-7,12H2,1-4H3,(H,23,25). The number of anilines is 2. The van der Waals surface area contributed by atoms with Crippen LogP contribution in [-0.2, 0) is 4.74 Å². The number of nitrogens with zero attached hydrogens (tertiary/aromatic N) is 3. The second-order valence-corrected chi connectivity index (χ2v) is 6.15. The molecule has 0 fully saturated rings. The van der Waals surface area contributed by atoms with E-state index in [4.69, 9.17) is 4.74 Å². The van der Waals surface area contributed by atoms with Gasteiger partial charge in [-0.15, -0.1) is 0 Å². The average Bonchev–Trinajstić information content (AvgIpc) is 2.66. The first-order valence-corrected chi connectivity index (χ1v) is 9.10. The molecule has 0 aliphatic heterocycles. The molecular formula is C20H26N4O3. The largest absolute Gasteiger partial charge is 0.462 e. The molecule has 27 heavy (non-hydrogen) atoms. The van der Waals surface area contributed by atoms with Crippen LogP contribution in [0.15, 0.2) is 30.3 Å². The first kappa shape index (κ1) is 20.4. The number of unbranched alkanes of at least 4 members (excludes halogenated alkanes) is 1. The van der Waals surface area contributed by atoms with Gasteiger partial charge in [-0.25, -0.2) is 14.8 Å². The molecule has 0 saturated carbocycles. The van der Waals surface area contributed by atoms with E-state index < -0.39 is 11.9 Å². The number of hydrogen-bond acceptors (Lipinski definition) is 6. The first-order valence-electron chi connectivity index (χ1n) is 9.10. The minimum absolute atomic E-state index is 0.250. The van der Waals surface area contributed by atoms with Crippen molar-refractivity contribution in [2.45, 2.75) is 33.6 Å². The average molecular weight is 370 g/mol. The van der Waals surface area contributed by atoms with Crippen LogP contribution in [0.25, 0.3) is 0 Å². The Morgan fingerprint density at radius 2 is 1.93 bits per heavy atom. The minimum Gasteiger partial charge on any atom is -0.462 e. The maximum atomic E-state index is 12.7. The lowest BCUT2D eigenvalue weighted by Crippen LogP contribution is -2.22. The third-order valence-electron chi connectivity index (χ3n) is 3.97. The molecule has 1 aromatic carbocycles. The van der Waals surface area contributed by atoms with Crippen LogP contribution < -0.4 is 10.2 Å². The third kappa shape index (κ3) is 5.51. The van der Waals surface area contributed by atoms with Crippen LogP contribution in [0.5, 0.6) is 0 Å². The van der Waals surface area contributed by atoms with Crippen LogP contribution in [0.1, 0.15) is 53.4 Å². The Bertz CT molecular complexity index is 808. The van der Waals surface area contributed by atoms with Crippen molar-refractivity contribution in [1.82, 2.24) is 9.97 Å². The van der Waals surface area contributed by atoms with Crippen LogP contribution in [0.4, 0.5) is 11.5 Å². The van der Waals surface area contributed by atoms with Crippen molar-refractivity contribution in [3.8, 4) is 0 Å². The van der Waals surface area contributed by atoms with Gasteiger partial charge in [0.2, 0.25) is 0 Å². The normalized spacial score (nSPS) is 10.4. The van der Waals surface area contributed by atoms with Gasteiger partial charge in [-0.2, -0.15) is 0 Å². The fourth-order valence-electron chi connectivity index (χ4n) is 2.54. The number of hydrogen-bond donors (Lipinski definition) is 1. The zero-order valence-corrected chi connectivity index (χ0v) is 16.3. The Hall–Kier alpha value is -2.96. The number of benzene rings is 1. The smallest absolute Gasteiger partial charge is 0.340 e. The summed E-state index contributed by atoms with van der Waals surface area (Å²) in [6, 6.07) is 8.39. The molecule has 0 radical (unpaired) electrons. The maximum Gasteiger partial charge on any atom is 0.340 e. The van der Waals surface area contributed by atoms with E-state index in [0.717, 1.165) is 19.4 Å². The minimum atomic E-state index is -0.479. The number of carbonyl (C=O) groups excluding carboxylic acids is 2. The van der Waals surface area contributed by atoms with Crippen LogP contribution in [0.2, 0.25) is 0 Å². The molecule has 1 N–H and O–H groups in total. The van der Waals surface area contributed by atoms with E-state index in [9.17, 15) is 9.59 Å². The van der Waals surface area contributed by atoms with Crippen molar-refractivity contribution in [1.29, 1.82) is 0 Å². The predicted molar refractivity (Wildman–Crippen MR) is 105 cm³/mol. The Kier molecular flexibility index (Phi) is 7.28. The molecule has 0 spiro atoms. The summed E-state index contributed by atoms with van der Waals surface area (Å²) in [6.45, 7) is 6.72. The molecule has 2 rings (SSSR count). The number of aromatic nitrogens is 2. The van der Waals surface area contributed by atoms with Gasteiger partial charge in [0, 0.05) is 19.7 Å². The van der Waals surface area contributed by atoms with Gasteiger partial charge in [-0.1, -0.05) is 25.5 Å². The fourth-order valence-corrected chi connectivity index (χ4v) is 2.54. The molecular weight excluding hydrogens is 344 g/mol. The van der Waals surface area contributed by atoms with Gasteiger partial charge in [0.1, 0.15) is 17.3 Å². The number of ether oxygens (including phenoxy) is 1. The van der Waals surface area contributed by atoms with E-state index in [2.05, 4.69) is 22.2 Å². The second-order valence-electron chi connectivity index (χ2n) is 6.15. The van der Waals surface area contributed by atoms with E-state index in [1.165, 1.54) is 0 Å². The topological polar surface area (TPSA) is 84.4 Å². The highest BCUT2D eigenvalue weighted by Gasteiger charge is 2.17. The molecule has 0 unspecified atom stereocenters. The van der Waals surface area contributed by atoms with Gasteiger partial charge in [0.15, 0.2) is 0 Å². The second kappa shape index (κ2) is 9.66. The number of nitrogens with one attached hydrogen (secondary N) is 1. The monoisotopic (exact) mass is 370 g/mol. The molecule has 2 aromatic rings. The lowest BCUT2D eigenvalue weighted by atomic mass is 10.1. The molecule has 7 heteroatoms. The highest BCUT2D eigenvalue weighted by molar-refractivity contribution is 6.07. The lowest BCUT2D eigenvalue weighted by Gasteiger charge is -2.18. The van der Waals surface area contributed by atoms with Crippen molar-refractivity contribution in [2.24, 2.45) is 0 Å². The summed E-state index contributed by atoms with van der Waals surface area (Å²) < 4.78 is 5.04. The molecule has 0 bridgehead atoms. The molecule has 0 aliphatic rings. The third-order valence-corrected chi connectivity index (χ3v) is 3.97. The van der Waals surface area contributed by atoms with Gasteiger partial charge in [-0.05, 0) is 32.4 Å². The summed E-state index contributed by atoms with van der Waals surface area (Å²) in [4.78, 5) is 35.4. The van der Waals surface area contributed by atoms with Gasteiger partial charge in [0.05, 0.1) is 17.9 Å². The van der Waals surface area contributed by atoms with E-state index in [0.29, 0.717) is 22.9 Å². The van der Waals surface area contributed by atoms with Crippen LogP contribution in [0.3, 0.4) is 0 Å². The van der Waals surface area contributed by atoms with Crippen LogP contribution in [-0.4, -0.2) is 42.0 Å². The molecule has 7 nitrogen and oxygen atoms in total. The van der Waals surface area contributed by atoms with Crippen LogP contribution in [0, 0.1) is 6.92 Å². The van der Waals surface area contributed by atoms with Crippen molar-refractivity contribution in [2.75, 3.05) is 30.4 Å². The number of para-hydroxylation sites is 1. The number of esters is 1. The van der Waals surface area contributed by atoms with Gasteiger partial charge >= 0.3 is 5.97 Å². The molecule has 1 aromatic heterocycles. The zero-order valence-electron chi connectivity index (χ0n) is 16.3. The molecule has 1 heterocycles. The van der Waals surface area contributed by atoms with E-state index in [-0.39, 0.29) is 12.3 Å². The molecule has 0 aliphatic carbocycles. The maximum absolute atomic E-state index is 12.7. The van der Waals surface area contributed by atoms with Gasteiger partial charge in [-0.3, -0.25) is 4.79 Å². The van der Waals surface area contributed by atoms with Gasteiger partial charge in [0.25, 0.3) is 5.91 Å². The molecule has 144 valence electrons. The van der Waals surface area contributed by atoms with E-state index in [1.54, 1.807) is 44.2 Å². The summed E-state index contributed by atoms with van der Waals surface area (Å²) in [5.41, 5.74) is 0.941. The van der Waals surface area contributed by atoms with Gasteiger partial charge < -0.3 is 15.0 Å². The van der Waals surface area contributed by atoms with E-state index >= 15 is 0 Å². The van der Waals surface area contributed by atoms with Crippen LogP contribution >= 0.6 is 0 Å². The zero-order chi connectivity index (χ0) is 19.8. The summed E-state index contributed by atoms with van der Waals surface area (Å²) in [7, 11) is 1.94. The lowest BCUT2D eigenvalue weighted by molar-refractivity contribution is 0.0527. The molecule has 0 saturated heterocycles. The summed E-state index contributed by atoms with van der Waals surface area (Å²) in [5, 5.41) is 2.75. The highest BCUT2D eigenvalue weighted by atomic mass is 16.5. The molecule has 1 amide bonds. The predicted octanol–water partition coefficient (Wildman–Crippen LogP) is 3.45. The number of rotatable bonds is 8. The fraction of sp³-hybridized carbons (Fsp3) is 0.400. The SMILES string of the molecule is CCCCN(C)c1cc(C(=O)Nc2ccccc2C(=O)OCC)nc(C)n1. The van der Waals surface area contributed by atoms with Crippen molar-refractivity contribution in [3.05, 3.63) is 47.4 Å². The Morgan fingerprint density at radius 1 is 1.19 bits per heavy atom. The number of aryl methyl sites for hydroxylation is 1. The quantitative estimate of drug-likeness (QED) is 0.717. The van der Waals surface area contributed by atoms with Crippen molar-refractivity contribution in [3.63, 3.8) is 0 Å². The molecule has 0 atom stereocenters. The Morgan fingerprint density at radius 3 is 2.63 bits per heavy atom. The van der Waals surface area contributed by atoms with Crippen molar-refractivity contribution >= 4 is 23.4 Å². The Balaban J connectivity index is 2.24. The highest BCUT2D eigenvalue weighted by Crippen LogP contribution is 2.18. The van der Waals surface area contributed by atoms with E-state index in [1.807, 2.05) is 11.9 Å². The summed E-state index contributed by atoms with van der Waals surface area (Å²) >= 11 is 0. The Labute approximate surface area is 159 Å². The summed E-state index contributed by atoms with van der Waals surface area (Å²) in [6.07, 6.45) is 2.11. The summed E-state index contributed by atoms with van der Waals surface area (Å²) in [5.74, 6) is 0.328.